The van der Waals surface area contributed by atoms with Gasteiger partial charge in [-0.2, -0.15) is 0 Å². The van der Waals surface area contributed by atoms with Gasteiger partial charge in [-0.15, -0.1) is 0 Å². The summed E-state index contributed by atoms with van der Waals surface area (Å²) >= 11 is 0. The molecular weight excluding hydrogens is 224 g/mol. The van der Waals surface area contributed by atoms with Gasteiger partial charge in [-0.1, -0.05) is 0 Å². The van der Waals surface area contributed by atoms with Crippen LogP contribution in [0.15, 0.2) is 0 Å². The van der Waals surface area contributed by atoms with Crippen LogP contribution in [0, 0.1) is 0 Å². The van der Waals surface area contributed by atoms with Crippen molar-refractivity contribution in [2.45, 2.75) is 6.10 Å². The first-order valence-electron chi connectivity index (χ1n) is 4.38. The fourth-order valence-electron chi connectivity index (χ4n) is 0.738. The molecule has 0 amide bonds. The molecule has 6 nitrogen and oxygen atoms in total. The summed E-state index contributed by atoms with van der Waals surface area (Å²) in [4.78, 5) is 11.0. The predicted molar refractivity (Wildman–Crippen MR) is 53.8 cm³/mol. The quantitative estimate of drug-likeness (QED) is 0.387. The molecule has 2 N–H and O–H groups in total. The molecule has 7 heteroatoms. The Kier molecular flexibility index (Phi) is 8.49. The lowest BCUT2D eigenvalue weighted by atomic mass is 10.4. The predicted octanol–water partition coefficient (Wildman–Crippen LogP) is -1.72. The van der Waals surface area contributed by atoms with Gasteiger partial charge in [-0.3, -0.25) is 9.00 Å². The van der Waals surface area contributed by atoms with Gasteiger partial charge in [0.25, 0.3) is 0 Å². The Hall–Kier alpha value is -0.500. The Morgan fingerprint density at radius 3 is 2.67 bits per heavy atom. The number of carbonyl (C=O) groups is 1. The summed E-state index contributed by atoms with van der Waals surface area (Å²) in [5.74, 6) is -1.01. The van der Waals surface area contributed by atoms with E-state index < -0.39 is 29.5 Å². The van der Waals surface area contributed by atoms with Crippen LogP contribution >= 0.6 is 0 Å². The van der Waals surface area contributed by atoms with Gasteiger partial charge in [0, 0.05) is 17.9 Å². The van der Waals surface area contributed by atoms with Crippen LogP contribution in [0.3, 0.4) is 0 Å². The van der Waals surface area contributed by atoms with Crippen LogP contribution in [-0.2, 0) is 25.1 Å². The highest BCUT2D eigenvalue weighted by atomic mass is 32.2. The van der Waals surface area contributed by atoms with E-state index in [9.17, 15) is 9.00 Å². The van der Waals surface area contributed by atoms with Crippen LogP contribution < -0.4 is 0 Å². The second-order valence-corrected chi connectivity index (χ2v) is 4.30. The molecule has 0 aromatic rings. The van der Waals surface area contributed by atoms with Gasteiger partial charge in [0.05, 0.1) is 25.1 Å². The molecule has 0 spiro atoms. The van der Waals surface area contributed by atoms with Crippen molar-refractivity contribution in [2.75, 3.05) is 38.4 Å². The molecular formula is C8H16O6S. The Morgan fingerprint density at radius 2 is 2.13 bits per heavy atom. The molecule has 90 valence electrons. The van der Waals surface area contributed by atoms with E-state index in [4.69, 9.17) is 10.2 Å². The number of hydrogen-bond acceptors (Lipinski definition) is 6. The van der Waals surface area contributed by atoms with Crippen LogP contribution in [0.2, 0.25) is 0 Å². The van der Waals surface area contributed by atoms with Crippen molar-refractivity contribution in [3.63, 3.8) is 0 Å². The largest absolute Gasteiger partial charge is 0.463 e. The van der Waals surface area contributed by atoms with Gasteiger partial charge in [0.2, 0.25) is 0 Å². The van der Waals surface area contributed by atoms with Gasteiger partial charge in [-0.25, -0.2) is 0 Å². The molecule has 0 aliphatic rings. The average molecular weight is 240 g/mol. The standard InChI is InChI=1S/C8H16O6S/c1-13-2-3-14-8(11)6-15(12)5-7(10)4-9/h7,9-10H,2-6H2,1H3. The van der Waals surface area contributed by atoms with Crippen molar-refractivity contribution >= 4 is 16.8 Å². The van der Waals surface area contributed by atoms with Crippen LogP contribution in [0.5, 0.6) is 0 Å². The van der Waals surface area contributed by atoms with Crippen LogP contribution in [0.25, 0.3) is 0 Å². The summed E-state index contributed by atoms with van der Waals surface area (Å²) in [6.45, 7) is -0.0583. The first kappa shape index (κ1) is 14.5. The molecule has 0 heterocycles. The molecule has 0 saturated heterocycles. The average Bonchev–Trinajstić information content (AvgIpc) is 2.17. The molecule has 0 radical (unpaired) electrons. The van der Waals surface area contributed by atoms with Crippen molar-refractivity contribution in [3.05, 3.63) is 0 Å². The minimum Gasteiger partial charge on any atom is -0.463 e. The number of methoxy groups -OCH3 is 1. The molecule has 0 aliphatic heterocycles. The van der Waals surface area contributed by atoms with E-state index in [0.29, 0.717) is 0 Å². The van der Waals surface area contributed by atoms with Gasteiger partial charge in [0.1, 0.15) is 12.4 Å². The molecule has 0 aromatic heterocycles. The zero-order chi connectivity index (χ0) is 11.7. The van der Waals surface area contributed by atoms with Gasteiger partial charge >= 0.3 is 5.97 Å². The van der Waals surface area contributed by atoms with Gasteiger partial charge in [-0.05, 0) is 0 Å². The zero-order valence-corrected chi connectivity index (χ0v) is 9.37. The number of hydrogen-bond donors (Lipinski definition) is 2. The molecule has 0 aromatic carbocycles. The maximum absolute atomic E-state index is 11.2. The first-order chi connectivity index (χ1) is 7.10. The number of aliphatic hydroxyl groups excluding tert-OH is 2. The fourth-order valence-corrected chi connectivity index (χ4v) is 1.74. The maximum atomic E-state index is 11.2. The van der Waals surface area contributed by atoms with Crippen molar-refractivity contribution in [3.8, 4) is 0 Å². The molecule has 0 rings (SSSR count). The van der Waals surface area contributed by atoms with E-state index in [-0.39, 0.29) is 24.7 Å². The molecule has 2 atom stereocenters. The van der Waals surface area contributed by atoms with Crippen molar-refractivity contribution < 1.29 is 28.7 Å². The van der Waals surface area contributed by atoms with Crippen LogP contribution in [0.1, 0.15) is 0 Å². The summed E-state index contributed by atoms with van der Waals surface area (Å²) in [6, 6.07) is 0. The van der Waals surface area contributed by atoms with Crippen molar-refractivity contribution in [2.24, 2.45) is 0 Å². The smallest absolute Gasteiger partial charge is 0.318 e. The Bertz CT molecular complexity index is 207. The number of esters is 1. The zero-order valence-electron chi connectivity index (χ0n) is 8.55. The Morgan fingerprint density at radius 1 is 1.47 bits per heavy atom. The molecule has 2 unspecified atom stereocenters. The van der Waals surface area contributed by atoms with Crippen molar-refractivity contribution in [1.29, 1.82) is 0 Å². The Labute approximate surface area is 90.6 Å². The van der Waals surface area contributed by atoms with Gasteiger partial charge in [0.15, 0.2) is 0 Å². The SMILES string of the molecule is COCCOC(=O)CS(=O)CC(O)CO. The van der Waals surface area contributed by atoms with Crippen molar-refractivity contribution in [1.82, 2.24) is 0 Å². The van der Waals surface area contributed by atoms with Crippen LogP contribution in [0.4, 0.5) is 0 Å². The third kappa shape index (κ3) is 8.49. The van der Waals surface area contributed by atoms with E-state index in [0.717, 1.165) is 0 Å². The highest BCUT2D eigenvalue weighted by Crippen LogP contribution is 1.91. The van der Waals surface area contributed by atoms with E-state index in [2.05, 4.69) is 9.47 Å². The monoisotopic (exact) mass is 240 g/mol. The van der Waals surface area contributed by atoms with E-state index >= 15 is 0 Å². The summed E-state index contributed by atoms with van der Waals surface area (Å²) in [5, 5.41) is 17.4. The maximum Gasteiger partial charge on any atom is 0.318 e. The first-order valence-corrected chi connectivity index (χ1v) is 5.87. The fraction of sp³-hybridized carbons (Fsp3) is 0.875. The van der Waals surface area contributed by atoms with E-state index in [1.165, 1.54) is 7.11 Å². The molecule has 0 bridgehead atoms. The third-order valence-corrected chi connectivity index (χ3v) is 2.73. The Balaban J connectivity index is 3.62. The second-order valence-electron chi connectivity index (χ2n) is 2.80. The van der Waals surface area contributed by atoms with E-state index in [1.807, 2.05) is 0 Å². The van der Waals surface area contributed by atoms with Crippen LogP contribution in [-0.4, -0.2) is 64.9 Å². The summed E-state index contributed by atoms with van der Waals surface area (Å²) in [6.07, 6.45) is -1.06. The lowest BCUT2D eigenvalue weighted by molar-refractivity contribution is -0.141. The lowest BCUT2D eigenvalue weighted by Crippen LogP contribution is -2.25. The van der Waals surface area contributed by atoms with Gasteiger partial charge < -0.3 is 19.7 Å². The van der Waals surface area contributed by atoms with E-state index in [1.54, 1.807) is 0 Å². The summed E-state index contributed by atoms with van der Waals surface area (Å²) < 4.78 is 20.5. The minimum absolute atomic E-state index is 0.120. The minimum atomic E-state index is -1.51. The molecule has 0 aliphatic carbocycles. The number of aliphatic hydroxyl groups is 2. The summed E-state index contributed by atoms with van der Waals surface area (Å²) in [5.41, 5.74) is 0. The second kappa shape index (κ2) is 8.78. The third-order valence-electron chi connectivity index (χ3n) is 1.42. The number of carbonyl (C=O) groups excluding carboxylic acids is 1. The lowest BCUT2D eigenvalue weighted by Gasteiger charge is -2.07. The summed E-state index contributed by atoms with van der Waals surface area (Å²) in [7, 11) is -0.0351. The topological polar surface area (TPSA) is 93.1 Å². The normalized spacial score (nSPS) is 14.6. The molecule has 0 saturated carbocycles. The molecule has 15 heavy (non-hydrogen) atoms. The highest BCUT2D eigenvalue weighted by Gasteiger charge is 2.13. The number of rotatable bonds is 8. The number of ether oxygens (including phenoxy) is 2. The highest BCUT2D eigenvalue weighted by molar-refractivity contribution is 7.85. The molecule has 0 fully saturated rings.